The van der Waals surface area contributed by atoms with Crippen LogP contribution < -0.4 is 15.4 Å². The summed E-state index contributed by atoms with van der Waals surface area (Å²) in [7, 11) is 0. The summed E-state index contributed by atoms with van der Waals surface area (Å²) in [5.41, 5.74) is 1.33. The highest BCUT2D eigenvalue weighted by Gasteiger charge is 2.43. The second kappa shape index (κ2) is 10.3. The molecule has 0 amide bonds. The van der Waals surface area contributed by atoms with Gasteiger partial charge >= 0.3 is 0 Å². The van der Waals surface area contributed by atoms with Gasteiger partial charge in [0.1, 0.15) is 17.8 Å². The number of benzene rings is 1. The molecule has 192 valence electrons. The van der Waals surface area contributed by atoms with Crippen LogP contribution in [-0.4, -0.2) is 77.6 Å². The normalized spacial score (nSPS) is 21.2. The molecule has 11 nitrogen and oxygen atoms in total. The minimum Gasteiger partial charge on any atom is -0.491 e. The Hall–Kier alpha value is -3.38. The topological polar surface area (TPSA) is 126 Å². The van der Waals surface area contributed by atoms with Gasteiger partial charge in [-0.1, -0.05) is 0 Å². The van der Waals surface area contributed by atoms with Crippen molar-refractivity contribution < 1.29 is 14.2 Å². The second-order valence-corrected chi connectivity index (χ2v) is 9.96. The van der Waals surface area contributed by atoms with Crippen LogP contribution in [0.5, 0.6) is 5.75 Å². The maximum Gasteiger partial charge on any atom is 0.229 e. The van der Waals surface area contributed by atoms with Crippen molar-refractivity contribution in [2.75, 3.05) is 30.4 Å². The molecule has 3 N–H and O–H groups in total. The third-order valence-electron chi connectivity index (χ3n) is 6.91. The molecule has 0 aliphatic carbocycles. The van der Waals surface area contributed by atoms with Crippen LogP contribution in [0.4, 0.5) is 21.8 Å². The summed E-state index contributed by atoms with van der Waals surface area (Å²) >= 11 is 0. The smallest absolute Gasteiger partial charge is 0.229 e. The first-order valence-corrected chi connectivity index (χ1v) is 12.4. The molecule has 12 heteroatoms. The molecule has 2 aliphatic rings. The first-order valence-electron chi connectivity index (χ1n) is 12.4. The van der Waals surface area contributed by atoms with Crippen LogP contribution in [0.25, 0.3) is 5.69 Å². The molecule has 2 aliphatic heterocycles. The van der Waals surface area contributed by atoms with Gasteiger partial charge in [0, 0.05) is 36.3 Å². The molecule has 36 heavy (non-hydrogen) atoms. The van der Waals surface area contributed by atoms with Crippen LogP contribution in [0.15, 0.2) is 30.7 Å². The van der Waals surface area contributed by atoms with E-state index in [1.54, 1.807) is 18.2 Å². The number of anilines is 3. The van der Waals surface area contributed by atoms with E-state index in [1.165, 1.54) is 30.0 Å². The quantitative estimate of drug-likeness (QED) is 0.380. The van der Waals surface area contributed by atoms with Crippen molar-refractivity contribution in [3.8, 4) is 11.4 Å². The van der Waals surface area contributed by atoms with Gasteiger partial charge in [-0.3, -0.25) is 4.90 Å². The molecule has 2 unspecified atom stereocenters. The van der Waals surface area contributed by atoms with Crippen molar-refractivity contribution in [2.24, 2.45) is 0 Å². The van der Waals surface area contributed by atoms with E-state index in [4.69, 9.17) is 9.84 Å². The number of nitrogens with one attached hydrogen (secondary N) is 2. The Morgan fingerprint density at radius 3 is 3.00 bits per heavy atom. The van der Waals surface area contributed by atoms with Crippen molar-refractivity contribution in [3.05, 3.63) is 36.5 Å². The highest BCUT2D eigenvalue weighted by Crippen LogP contribution is 2.38. The molecular formula is C24H32FN9O2. The zero-order valence-corrected chi connectivity index (χ0v) is 20.6. The fourth-order valence-corrected chi connectivity index (χ4v) is 5.39. The number of hydrogen-bond acceptors (Lipinski definition) is 10. The number of piperidine rings is 1. The summed E-state index contributed by atoms with van der Waals surface area (Å²) in [5, 5.41) is 26.9. The SMILES string of the molecule is CC1(C)CC(Nc2nc(Nc3ccc(OCCCO)c(-n4cnnn4)c3)ncc2F)CC2CCCN21. The summed E-state index contributed by atoms with van der Waals surface area (Å²) in [6.45, 7) is 6.06. The number of aliphatic hydroxyl groups is 1. The maximum atomic E-state index is 14.7. The van der Waals surface area contributed by atoms with E-state index >= 15 is 0 Å². The van der Waals surface area contributed by atoms with Gasteiger partial charge < -0.3 is 20.5 Å². The van der Waals surface area contributed by atoms with Gasteiger partial charge in [0.05, 0.1) is 12.8 Å². The number of rotatable bonds is 9. The Kier molecular flexibility index (Phi) is 6.97. The number of aromatic nitrogens is 6. The minimum absolute atomic E-state index is 0.0371. The zero-order valence-electron chi connectivity index (χ0n) is 20.6. The standard InChI is InChI=1S/C24H32FN9O2/c1-24(2)13-17(11-18-5-3-8-33(18)24)28-22-19(25)14-26-23(30-22)29-16-6-7-21(36-10-4-9-35)20(12-16)34-15-27-31-32-34/h6-7,12,14-15,17-18,35H,3-5,8-11,13H2,1-2H3,(H2,26,28,29,30). The number of hydrogen-bond donors (Lipinski definition) is 3. The predicted molar refractivity (Wildman–Crippen MR) is 132 cm³/mol. The molecular weight excluding hydrogens is 465 g/mol. The molecule has 2 saturated heterocycles. The van der Waals surface area contributed by atoms with E-state index in [0.717, 1.165) is 19.4 Å². The Morgan fingerprint density at radius 1 is 1.31 bits per heavy atom. The summed E-state index contributed by atoms with van der Waals surface area (Å²) in [6.07, 6.45) is 7.45. The van der Waals surface area contributed by atoms with Gasteiger partial charge in [-0.25, -0.2) is 9.37 Å². The lowest BCUT2D eigenvalue weighted by molar-refractivity contribution is 0.0500. The number of ether oxygens (including phenoxy) is 1. The van der Waals surface area contributed by atoms with Gasteiger partial charge in [0.2, 0.25) is 5.95 Å². The third-order valence-corrected chi connectivity index (χ3v) is 6.91. The minimum atomic E-state index is -0.478. The average molecular weight is 498 g/mol. The number of tetrazole rings is 1. The average Bonchev–Trinajstić information content (AvgIpc) is 3.55. The van der Waals surface area contributed by atoms with E-state index in [0.29, 0.717) is 36.2 Å². The van der Waals surface area contributed by atoms with E-state index in [2.05, 4.69) is 54.9 Å². The Labute approximate surface area is 209 Å². The van der Waals surface area contributed by atoms with E-state index in [9.17, 15) is 4.39 Å². The van der Waals surface area contributed by atoms with Gasteiger partial charge in [0.25, 0.3) is 0 Å². The second-order valence-electron chi connectivity index (χ2n) is 9.96. The molecule has 3 aromatic rings. The molecule has 0 saturated carbocycles. The molecule has 2 atom stereocenters. The van der Waals surface area contributed by atoms with Crippen molar-refractivity contribution in [1.29, 1.82) is 0 Å². The van der Waals surface area contributed by atoms with Crippen LogP contribution in [0.1, 0.15) is 46.0 Å². The fourth-order valence-electron chi connectivity index (χ4n) is 5.39. The summed E-state index contributed by atoms with van der Waals surface area (Å²) in [4.78, 5) is 11.2. The van der Waals surface area contributed by atoms with Crippen LogP contribution in [-0.2, 0) is 0 Å². The number of fused-ring (bicyclic) bond motifs is 1. The number of halogens is 1. The number of aliphatic hydroxyl groups excluding tert-OH is 1. The van der Waals surface area contributed by atoms with Gasteiger partial charge in [-0.2, -0.15) is 9.67 Å². The molecule has 5 rings (SSSR count). The van der Waals surface area contributed by atoms with Crippen LogP contribution >= 0.6 is 0 Å². The van der Waals surface area contributed by atoms with Crippen molar-refractivity contribution >= 4 is 17.5 Å². The lowest BCUT2D eigenvalue weighted by atomic mass is 9.84. The van der Waals surface area contributed by atoms with E-state index < -0.39 is 5.82 Å². The first kappa shape index (κ1) is 24.3. The van der Waals surface area contributed by atoms with Gasteiger partial charge in [0.15, 0.2) is 11.6 Å². The molecule has 2 aromatic heterocycles. The third kappa shape index (κ3) is 5.24. The molecule has 0 bridgehead atoms. The fraction of sp³-hybridized carbons (Fsp3) is 0.542. The largest absolute Gasteiger partial charge is 0.491 e. The summed E-state index contributed by atoms with van der Waals surface area (Å²) in [6, 6.07) is 6.04. The van der Waals surface area contributed by atoms with Gasteiger partial charge in [-0.05, 0) is 74.7 Å². The van der Waals surface area contributed by atoms with Crippen LogP contribution in [0.2, 0.25) is 0 Å². The number of nitrogens with zero attached hydrogens (tertiary/aromatic N) is 7. The van der Waals surface area contributed by atoms with Crippen molar-refractivity contribution in [2.45, 2.75) is 63.6 Å². The predicted octanol–water partition coefficient (Wildman–Crippen LogP) is 2.91. The molecule has 2 fully saturated rings. The first-order chi connectivity index (χ1) is 17.4. The highest BCUT2D eigenvalue weighted by molar-refractivity contribution is 5.62. The highest BCUT2D eigenvalue weighted by atomic mass is 19.1. The Morgan fingerprint density at radius 2 is 2.19 bits per heavy atom. The van der Waals surface area contributed by atoms with E-state index in [1.807, 2.05) is 0 Å². The summed E-state index contributed by atoms with van der Waals surface area (Å²) in [5.74, 6) is 0.552. The molecule has 0 radical (unpaired) electrons. The van der Waals surface area contributed by atoms with Crippen molar-refractivity contribution in [3.63, 3.8) is 0 Å². The van der Waals surface area contributed by atoms with Crippen molar-refractivity contribution in [1.82, 2.24) is 35.1 Å². The lowest BCUT2D eigenvalue weighted by Crippen LogP contribution is -2.55. The van der Waals surface area contributed by atoms with Crippen LogP contribution in [0.3, 0.4) is 0 Å². The van der Waals surface area contributed by atoms with E-state index in [-0.39, 0.29) is 30.0 Å². The monoisotopic (exact) mass is 497 g/mol. The maximum absolute atomic E-state index is 14.7. The molecule has 0 spiro atoms. The molecule has 1 aromatic carbocycles. The molecule has 4 heterocycles. The zero-order chi connectivity index (χ0) is 25.1. The lowest BCUT2D eigenvalue weighted by Gasteiger charge is -2.47. The van der Waals surface area contributed by atoms with Crippen LogP contribution in [0, 0.1) is 5.82 Å². The Balaban J connectivity index is 1.33. The Bertz CT molecular complexity index is 1170. The van der Waals surface area contributed by atoms with Gasteiger partial charge in [-0.15, -0.1) is 5.10 Å². The summed E-state index contributed by atoms with van der Waals surface area (Å²) < 4.78 is 21.9.